The third kappa shape index (κ3) is 3.46. The molecule has 0 atom stereocenters. The number of oxime groups is 1. The Morgan fingerprint density at radius 1 is 1.63 bits per heavy atom. The van der Waals surface area contributed by atoms with Crippen LogP contribution in [0.4, 0.5) is 0 Å². The van der Waals surface area contributed by atoms with Gasteiger partial charge in [-0.1, -0.05) is 19.0 Å². The highest BCUT2D eigenvalue weighted by atomic mass is 16.4. The molecule has 7 heteroatoms. The molecule has 1 amide bonds. The number of carbonyl (C=O) groups is 1. The molecular weight excluding hydrogens is 246 g/mol. The molecule has 1 heterocycles. The Morgan fingerprint density at radius 2 is 2.26 bits per heavy atom. The van der Waals surface area contributed by atoms with Crippen LogP contribution in [-0.4, -0.2) is 33.3 Å². The van der Waals surface area contributed by atoms with Gasteiger partial charge in [0.15, 0.2) is 0 Å². The number of aryl methyl sites for hydroxylation is 2. The topological polar surface area (TPSA) is 106 Å². The lowest BCUT2D eigenvalue weighted by atomic mass is 9.92. The molecule has 0 saturated heterocycles. The lowest BCUT2D eigenvalue weighted by molar-refractivity contribution is 0.0933. The molecule has 0 saturated carbocycles. The number of aromatic nitrogens is 2. The second kappa shape index (κ2) is 5.73. The van der Waals surface area contributed by atoms with Crippen LogP contribution < -0.4 is 11.1 Å². The van der Waals surface area contributed by atoms with E-state index in [1.54, 1.807) is 24.6 Å². The number of rotatable bonds is 5. The number of nitrogens with two attached hydrogens (primary N) is 1. The van der Waals surface area contributed by atoms with Crippen molar-refractivity contribution in [2.45, 2.75) is 34.2 Å². The first-order valence-corrected chi connectivity index (χ1v) is 6.12. The van der Waals surface area contributed by atoms with E-state index in [0.29, 0.717) is 12.2 Å². The normalized spacial score (nSPS) is 12.5. The van der Waals surface area contributed by atoms with Gasteiger partial charge in [-0.2, -0.15) is 5.10 Å². The third-order valence-corrected chi connectivity index (χ3v) is 2.93. The first kappa shape index (κ1) is 15.0. The number of nitrogens with one attached hydrogen (secondary N) is 1. The average molecular weight is 267 g/mol. The molecular formula is C12H21N5O2. The smallest absolute Gasteiger partial charge is 0.269 e. The first-order valence-electron chi connectivity index (χ1n) is 6.12. The maximum Gasteiger partial charge on any atom is 0.269 e. The van der Waals surface area contributed by atoms with E-state index in [0.717, 1.165) is 5.69 Å². The number of nitrogens with zero attached hydrogens (tertiary/aromatic N) is 3. The third-order valence-electron chi connectivity index (χ3n) is 2.93. The van der Waals surface area contributed by atoms with Crippen molar-refractivity contribution in [3.63, 3.8) is 0 Å². The predicted molar refractivity (Wildman–Crippen MR) is 72.2 cm³/mol. The van der Waals surface area contributed by atoms with Crippen molar-refractivity contribution in [2.75, 3.05) is 6.54 Å². The quantitative estimate of drug-likeness (QED) is 0.316. The van der Waals surface area contributed by atoms with E-state index in [4.69, 9.17) is 10.9 Å². The zero-order valence-electron chi connectivity index (χ0n) is 11.8. The Kier molecular flexibility index (Phi) is 4.52. The number of hydrogen-bond donors (Lipinski definition) is 3. The fraction of sp³-hybridized carbons (Fsp3) is 0.583. The van der Waals surface area contributed by atoms with Crippen LogP contribution in [0.1, 0.15) is 37.0 Å². The van der Waals surface area contributed by atoms with Crippen molar-refractivity contribution in [1.82, 2.24) is 15.1 Å². The molecule has 0 aromatic carbocycles. The lowest BCUT2D eigenvalue weighted by Gasteiger charge is -2.23. The fourth-order valence-corrected chi connectivity index (χ4v) is 1.59. The van der Waals surface area contributed by atoms with Gasteiger partial charge in [0.05, 0.1) is 5.69 Å². The highest BCUT2D eigenvalue weighted by Gasteiger charge is 2.25. The molecule has 0 unspecified atom stereocenters. The summed E-state index contributed by atoms with van der Waals surface area (Å²) >= 11 is 0. The molecule has 4 N–H and O–H groups in total. The Bertz CT molecular complexity index is 490. The maximum atomic E-state index is 12.1. The largest absolute Gasteiger partial charge is 0.409 e. The Balaban J connectivity index is 2.76. The van der Waals surface area contributed by atoms with E-state index in [9.17, 15) is 4.79 Å². The standard InChI is InChI=1S/C12H21N5O2/c1-5-17-9(6-8(2)15-17)10(18)14-7-12(3,4)11(13)16-19/h6,19H,5,7H2,1-4H3,(H2,13,16)(H,14,18). The highest BCUT2D eigenvalue weighted by Crippen LogP contribution is 2.14. The fourth-order valence-electron chi connectivity index (χ4n) is 1.59. The zero-order chi connectivity index (χ0) is 14.6. The highest BCUT2D eigenvalue weighted by molar-refractivity contribution is 5.93. The van der Waals surface area contributed by atoms with Crippen molar-refractivity contribution in [3.8, 4) is 0 Å². The minimum absolute atomic E-state index is 0.0768. The van der Waals surface area contributed by atoms with Gasteiger partial charge in [0.25, 0.3) is 5.91 Å². The minimum atomic E-state index is -0.615. The second-order valence-corrected chi connectivity index (χ2v) is 5.04. The SMILES string of the molecule is CCn1nc(C)cc1C(=O)NCC(C)(C)/C(N)=N/O. The molecule has 19 heavy (non-hydrogen) atoms. The first-order chi connectivity index (χ1) is 8.81. The Labute approximate surface area is 112 Å². The number of amides is 1. The van der Waals surface area contributed by atoms with Crippen LogP contribution in [0.5, 0.6) is 0 Å². The van der Waals surface area contributed by atoms with Crippen LogP contribution in [0, 0.1) is 12.3 Å². The van der Waals surface area contributed by atoms with Gasteiger partial charge in [-0.15, -0.1) is 0 Å². The molecule has 0 aliphatic carbocycles. The average Bonchev–Trinajstić information content (AvgIpc) is 2.76. The summed E-state index contributed by atoms with van der Waals surface area (Å²) in [6.07, 6.45) is 0. The minimum Gasteiger partial charge on any atom is -0.409 e. The van der Waals surface area contributed by atoms with Gasteiger partial charge in [-0.05, 0) is 19.9 Å². The Hall–Kier alpha value is -2.05. The lowest BCUT2D eigenvalue weighted by Crippen LogP contribution is -2.43. The molecule has 0 fully saturated rings. The maximum absolute atomic E-state index is 12.1. The van der Waals surface area contributed by atoms with Crippen molar-refractivity contribution in [1.29, 1.82) is 0 Å². The van der Waals surface area contributed by atoms with Crippen LogP contribution in [-0.2, 0) is 6.54 Å². The molecule has 0 aliphatic heterocycles. The van der Waals surface area contributed by atoms with Crippen LogP contribution in [0.2, 0.25) is 0 Å². The van der Waals surface area contributed by atoms with Crippen LogP contribution in [0.15, 0.2) is 11.2 Å². The summed E-state index contributed by atoms with van der Waals surface area (Å²) in [4.78, 5) is 12.1. The number of amidine groups is 1. The van der Waals surface area contributed by atoms with Gasteiger partial charge in [-0.25, -0.2) is 0 Å². The molecule has 7 nitrogen and oxygen atoms in total. The van der Waals surface area contributed by atoms with Gasteiger partial charge in [0.2, 0.25) is 0 Å². The van der Waals surface area contributed by atoms with E-state index in [-0.39, 0.29) is 18.3 Å². The molecule has 0 spiro atoms. The van der Waals surface area contributed by atoms with Gasteiger partial charge < -0.3 is 16.3 Å². The predicted octanol–water partition coefficient (Wildman–Crippen LogP) is 0.714. The Morgan fingerprint density at radius 3 is 2.79 bits per heavy atom. The summed E-state index contributed by atoms with van der Waals surface area (Å²) in [5.41, 5.74) is 6.26. The van der Waals surface area contributed by atoms with Crippen molar-refractivity contribution in [2.24, 2.45) is 16.3 Å². The summed E-state index contributed by atoms with van der Waals surface area (Å²) in [5.74, 6) is -0.144. The molecule has 0 bridgehead atoms. The van der Waals surface area contributed by atoms with Crippen molar-refractivity contribution in [3.05, 3.63) is 17.5 Å². The van der Waals surface area contributed by atoms with E-state index < -0.39 is 5.41 Å². The number of carbonyl (C=O) groups excluding carboxylic acids is 1. The second-order valence-electron chi connectivity index (χ2n) is 5.04. The summed E-state index contributed by atoms with van der Waals surface area (Å²) in [7, 11) is 0. The summed E-state index contributed by atoms with van der Waals surface area (Å²) in [6.45, 7) is 8.22. The van der Waals surface area contributed by atoms with Crippen LogP contribution >= 0.6 is 0 Å². The molecule has 1 aromatic heterocycles. The molecule has 1 rings (SSSR count). The summed E-state index contributed by atoms with van der Waals surface area (Å²) in [5, 5.41) is 18.6. The van der Waals surface area contributed by atoms with Gasteiger partial charge in [0.1, 0.15) is 11.5 Å². The van der Waals surface area contributed by atoms with E-state index in [1.165, 1.54) is 0 Å². The number of hydrogen-bond acceptors (Lipinski definition) is 4. The van der Waals surface area contributed by atoms with Gasteiger partial charge in [-0.3, -0.25) is 9.48 Å². The van der Waals surface area contributed by atoms with Crippen LogP contribution in [0.25, 0.3) is 0 Å². The molecule has 1 aromatic rings. The molecule has 0 radical (unpaired) electrons. The monoisotopic (exact) mass is 267 g/mol. The molecule has 0 aliphatic rings. The van der Waals surface area contributed by atoms with Crippen molar-refractivity contribution >= 4 is 11.7 Å². The van der Waals surface area contributed by atoms with Crippen molar-refractivity contribution < 1.29 is 10.0 Å². The summed E-state index contributed by atoms with van der Waals surface area (Å²) in [6, 6.07) is 1.73. The van der Waals surface area contributed by atoms with Crippen LogP contribution in [0.3, 0.4) is 0 Å². The summed E-state index contributed by atoms with van der Waals surface area (Å²) < 4.78 is 1.64. The van der Waals surface area contributed by atoms with E-state index in [1.807, 2.05) is 13.8 Å². The van der Waals surface area contributed by atoms with E-state index in [2.05, 4.69) is 15.6 Å². The van der Waals surface area contributed by atoms with Gasteiger partial charge >= 0.3 is 0 Å². The zero-order valence-corrected chi connectivity index (χ0v) is 11.8. The van der Waals surface area contributed by atoms with Gasteiger partial charge in [0, 0.05) is 18.5 Å². The molecule has 106 valence electrons. The van der Waals surface area contributed by atoms with E-state index >= 15 is 0 Å².